The molecule has 0 spiro atoms. The Hall–Kier alpha value is -3.40. The van der Waals surface area contributed by atoms with Gasteiger partial charge >= 0.3 is 0 Å². The monoisotopic (exact) mass is 519 g/mol. The highest BCUT2D eigenvalue weighted by Gasteiger charge is 2.31. The fraction of sp³-hybridized carbons (Fsp3) is 0.286. The molecule has 1 fully saturated rings. The van der Waals surface area contributed by atoms with Crippen LogP contribution in [-0.2, 0) is 16.4 Å². The summed E-state index contributed by atoms with van der Waals surface area (Å²) in [4.78, 5) is 12.1. The number of halogens is 1. The van der Waals surface area contributed by atoms with Crippen LogP contribution in [0.1, 0.15) is 24.4 Å². The molecule has 1 saturated heterocycles. The van der Waals surface area contributed by atoms with Crippen molar-refractivity contribution in [3.63, 3.8) is 0 Å². The maximum Gasteiger partial charge on any atom is 0.243 e. The first-order valence-electron chi connectivity index (χ1n) is 12.5. The van der Waals surface area contributed by atoms with Gasteiger partial charge in [-0.3, -0.25) is 4.90 Å². The van der Waals surface area contributed by atoms with Crippen molar-refractivity contribution in [3.05, 3.63) is 96.1 Å². The number of para-hydroxylation sites is 1. The molecule has 0 aliphatic carbocycles. The van der Waals surface area contributed by atoms with Crippen molar-refractivity contribution < 1.29 is 12.8 Å². The van der Waals surface area contributed by atoms with Crippen LogP contribution < -0.4 is 5.32 Å². The van der Waals surface area contributed by atoms with E-state index in [1.807, 2.05) is 42.5 Å². The van der Waals surface area contributed by atoms with Crippen molar-refractivity contribution in [2.45, 2.75) is 24.3 Å². The molecular formula is C28H30FN5O2S. The van der Waals surface area contributed by atoms with Gasteiger partial charge in [-0.05, 0) is 55.3 Å². The van der Waals surface area contributed by atoms with Gasteiger partial charge in [-0.15, -0.1) is 0 Å². The summed E-state index contributed by atoms with van der Waals surface area (Å²) in [5, 5.41) is 4.47. The van der Waals surface area contributed by atoms with E-state index >= 15 is 0 Å². The van der Waals surface area contributed by atoms with Crippen molar-refractivity contribution in [1.29, 1.82) is 0 Å². The Labute approximate surface area is 217 Å². The maximum atomic E-state index is 13.3. The molecule has 0 bridgehead atoms. The van der Waals surface area contributed by atoms with Gasteiger partial charge in [0.25, 0.3) is 0 Å². The van der Waals surface area contributed by atoms with Gasteiger partial charge in [0.05, 0.1) is 16.5 Å². The highest BCUT2D eigenvalue weighted by atomic mass is 32.2. The Balaban J connectivity index is 1.29. The Bertz CT molecular complexity index is 1460. The highest BCUT2D eigenvalue weighted by molar-refractivity contribution is 7.89. The van der Waals surface area contributed by atoms with Crippen molar-refractivity contribution in [3.8, 4) is 0 Å². The van der Waals surface area contributed by atoms with E-state index in [4.69, 9.17) is 9.97 Å². The van der Waals surface area contributed by atoms with Crippen LogP contribution in [0.5, 0.6) is 0 Å². The van der Waals surface area contributed by atoms with E-state index in [2.05, 4.69) is 29.3 Å². The van der Waals surface area contributed by atoms with E-state index in [-0.39, 0.29) is 10.9 Å². The number of hydrogen-bond acceptors (Lipinski definition) is 6. The summed E-state index contributed by atoms with van der Waals surface area (Å²) in [6.07, 6.45) is 0.883. The predicted octanol–water partition coefficient (Wildman–Crippen LogP) is 4.49. The molecule has 1 aliphatic heterocycles. The van der Waals surface area contributed by atoms with Gasteiger partial charge in [0, 0.05) is 38.1 Å². The lowest BCUT2D eigenvalue weighted by molar-refractivity contribution is 0.141. The summed E-state index contributed by atoms with van der Waals surface area (Å²) < 4.78 is 40.7. The molecule has 2 heterocycles. The predicted molar refractivity (Wildman–Crippen MR) is 143 cm³/mol. The van der Waals surface area contributed by atoms with Crippen molar-refractivity contribution >= 4 is 26.7 Å². The minimum Gasteiger partial charge on any atom is -0.369 e. The number of fused-ring (bicyclic) bond motifs is 1. The number of anilines is 1. The molecule has 192 valence electrons. The van der Waals surface area contributed by atoms with E-state index in [1.54, 1.807) is 0 Å². The zero-order valence-corrected chi connectivity index (χ0v) is 21.5. The minimum atomic E-state index is -3.66. The molecule has 1 N–H and O–H groups in total. The molecule has 0 amide bonds. The second-order valence-electron chi connectivity index (χ2n) is 9.18. The maximum absolute atomic E-state index is 13.3. The number of nitrogens with one attached hydrogen (secondary N) is 1. The second kappa shape index (κ2) is 10.9. The van der Waals surface area contributed by atoms with Gasteiger partial charge in [0.15, 0.2) is 0 Å². The SMILES string of the molecule is C[C@@H](c1nc(NCCc2ccccc2)c2ccccc2n1)N1CCN(S(=O)(=O)c2ccc(F)cc2)CC1. The molecule has 1 aliphatic rings. The van der Waals surface area contributed by atoms with Crippen molar-refractivity contribution in [2.75, 3.05) is 38.0 Å². The average Bonchev–Trinajstić information content (AvgIpc) is 2.93. The normalized spacial score (nSPS) is 16.1. The summed E-state index contributed by atoms with van der Waals surface area (Å²) in [5.41, 5.74) is 2.13. The third-order valence-electron chi connectivity index (χ3n) is 6.82. The Morgan fingerprint density at radius 2 is 1.57 bits per heavy atom. The lowest BCUT2D eigenvalue weighted by Crippen LogP contribution is -2.49. The zero-order valence-electron chi connectivity index (χ0n) is 20.7. The van der Waals surface area contributed by atoms with E-state index in [1.165, 1.54) is 34.1 Å². The topological polar surface area (TPSA) is 78.4 Å². The fourth-order valence-corrected chi connectivity index (χ4v) is 6.06. The number of rotatable bonds is 8. The Morgan fingerprint density at radius 1 is 0.892 bits per heavy atom. The largest absolute Gasteiger partial charge is 0.369 e. The molecular weight excluding hydrogens is 489 g/mol. The van der Waals surface area contributed by atoms with Crippen LogP contribution >= 0.6 is 0 Å². The first kappa shape index (κ1) is 25.3. The summed E-state index contributed by atoms with van der Waals surface area (Å²) in [6.45, 7) is 4.60. The van der Waals surface area contributed by atoms with Crippen LogP contribution in [0.3, 0.4) is 0 Å². The zero-order chi connectivity index (χ0) is 25.8. The summed E-state index contributed by atoms with van der Waals surface area (Å²) in [5.74, 6) is 1.05. The first-order chi connectivity index (χ1) is 17.9. The van der Waals surface area contributed by atoms with E-state index in [0.717, 1.165) is 29.7 Å². The third kappa shape index (κ3) is 5.64. The lowest BCUT2D eigenvalue weighted by atomic mass is 10.1. The van der Waals surface area contributed by atoms with E-state index in [0.29, 0.717) is 32.0 Å². The highest BCUT2D eigenvalue weighted by Crippen LogP contribution is 2.27. The number of aromatic nitrogens is 2. The number of sulfonamides is 1. The van der Waals surface area contributed by atoms with Gasteiger partial charge < -0.3 is 5.32 Å². The second-order valence-corrected chi connectivity index (χ2v) is 11.1. The number of piperazine rings is 1. The molecule has 37 heavy (non-hydrogen) atoms. The Morgan fingerprint density at radius 3 is 2.30 bits per heavy atom. The molecule has 4 aromatic rings. The van der Waals surface area contributed by atoms with Crippen molar-refractivity contribution in [2.24, 2.45) is 0 Å². The standard InChI is InChI=1S/C28H30FN5O2S/c1-21(33-17-19-34(20-18-33)37(35,36)24-13-11-23(29)12-14-24)27-31-26-10-6-5-9-25(26)28(32-27)30-16-15-22-7-3-2-4-8-22/h2-14,21H,15-20H2,1H3,(H,30,31,32)/t21-/m0/s1. The molecule has 0 unspecified atom stereocenters. The quantitative estimate of drug-likeness (QED) is 0.370. The van der Waals surface area contributed by atoms with Gasteiger partial charge in [0.2, 0.25) is 10.0 Å². The fourth-order valence-electron chi connectivity index (χ4n) is 4.64. The first-order valence-corrected chi connectivity index (χ1v) is 13.9. The average molecular weight is 520 g/mol. The van der Waals surface area contributed by atoms with Crippen LogP contribution in [0.4, 0.5) is 10.2 Å². The molecule has 3 aromatic carbocycles. The summed E-state index contributed by atoms with van der Waals surface area (Å²) >= 11 is 0. The van der Waals surface area contributed by atoms with Crippen molar-refractivity contribution in [1.82, 2.24) is 19.2 Å². The van der Waals surface area contributed by atoms with Gasteiger partial charge in [-0.25, -0.2) is 22.8 Å². The van der Waals surface area contributed by atoms with E-state index < -0.39 is 15.8 Å². The molecule has 1 atom stereocenters. The molecule has 1 aromatic heterocycles. The van der Waals surface area contributed by atoms with Gasteiger partial charge in [-0.2, -0.15) is 4.31 Å². The smallest absolute Gasteiger partial charge is 0.243 e. The number of nitrogens with zero attached hydrogens (tertiary/aromatic N) is 4. The van der Waals surface area contributed by atoms with Crippen LogP contribution in [0.15, 0.2) is 83.8 Å². The minimum absolute atomic E-state index is 0.0880. The van der Waals surface area contributed by atoms with Gasteiger partial charge in [-0.1, -0.05) is 42.5 Å². The lowest BCUT2D eigenvalue weighted by Gasteiger charge is -2.36. The summed E-state index contributed by atoms with van der Waals surface area (Å²) in [6, 6.07) is 23.2. The molecule has 0 radical (unpaired) electrons. The van der Waals surface area contributed by atoms with E-state index in [9.17, 15) is 12.8 Å². The molecule has 7 nitrogen and oxygen atoms in total. The summed E-state index contributed by atoms with van der Waals surface area (Å²) in [7, 11) is -3.66. The van der Waals surface area contributed by atoms with Crippen LogP contribution in [0.2, 0.25) is 0 Å². The molecule has 9 heteroatoms. The Kier molecular flexibility index (Phi) is 7.45. The third-order valence-corrected chi connectivity index (χ3v) is 8.73. The van der Waals surface area contributed by atoms with Gasteiger partial charge in [0.1, 0.15) is 17.5 Å². The molecule has 0 saturated carbocycles. The molecule has 5 rings (SSSR count). The van der Waals surface area contributed by atoms with Crippen LogP contribution in [0, 0.1) is 5.82 Å². The number of hydrogen-bond donors (Lipinski definition) is 1. The van der Waals surface area contributed by atoms with Crippen LogP contribution in [0.25, 0.3) is 10.9 Å². The van der Waals surface area contributed by atoms with Crippen LogP contribution in [-0.4, -0.2) is 60.3 Å². The number of benzene rings is 3.